The minimum absolute atomic E-state index is 0. The van der Waals surface area contributed by atoms with E-state index in [1.165, 1.54) is 0 Å². The molecule has 2 aromatic heterocycles. The molecule has 2 N–H and O–H groups in total. The Morgan fingerprint density at radius 1 is 0.640 bits per heavy atom. The van der Waals surface area contributed by atoms with Crippen molar-refractivity contribution in [3.05, 3.63) is 80.5 Å². The zero-order valence-electron chi connectivity index (χ0n) is 13.6. The molecule has 4 rings (SSSR count). The summed E-state index contributed by atoms with van der Waals surface area (Å²) in [5.74, 6) is 0.478. The molecule has 0 radical (unpaired) electrons. The van der Waals surface area contributed by atoms with Gasteiger partial charge in [0.2, 0.25) is 0 Å². The summed E-state index contributed by atoms with van der Waals surface area (Å²) in [5.41, 5.74) is 1.32. The van der Waals surface area contributed by atoms with E-state index in [0.717, 1.165) is 28.1 Å². The third kappa shape index (κ3) is 5.11. The third-order valence-corrected chi connectivity index (χ3v) is 3.22. The van der Waals surface area contributed by atoms with E-state index in [-0.39, 0.29) is 18.9 Å². The van der Waals surface area contributed by atoms with Crippen LogP contribution >= 0.6 is 0 Å². The third-order valence-electron chi connectivity index (χ3n) is 3.22. The van der Waals surface area contributed by atoms with Crippen LogP contribution in [-0.2, 0) is 21.0 Å². The van der Waals surface area contributed by atoms with Crippen molar-refractivity contribution in [1.29, 1.82) is 0 Å². The Bertz CT molecular complexity index is 860. The summed E-state index contributed by atoms with van der Waals surface area (Å²) >= 11 is 1.06. The van der Waals surface area contributed by atoms with Gasteiger partial charge in [0, 0.05) is 23.2 Å². The van der Waals surface area contributed by atoms with Gasteiger partial charge in [-0.1, -0.05) is 36.4 Å². The Kier molecular flexibility index (Phi) is 8.26. The number of benzene rings is 2. The fraction of sp³-hybridized carbons (Fsp3) is 0. The first-order valence-electron chi connectivity index (χ1n) is 6.99. The number of phenols is 2. The minimum atomic E-state index is 0. The maximum atomic E-state index is 9.31. The van der Waals surface area contributed by atoms with Crippen LogP contribution in [0.2, 0.25) is 0 Å². The number of phenolic OH excluding ortho intramolecular Hbond substituents is 2. The summed E-state index contributed by atoms with van der Waals surface area (Å²) in [5, 5.41) is 20.5. The number of hydrogen-bond donors (Lipinski definition) is 2. The van der Waals surface area contributed by atoms with Gasteiger partial charge in [-0.25, -0.2) is 0 Å². The molecular weight excluding hydrogens is 355 g/mol. The standard InChI is InChI=1S/2C9H7NO.CH3.O.V/c2*11-8-5-1-3-7-4-2-6-10-9(7)8;;;/h2*1-6,11H;1H3;;/q;;-1;;. The van der Waals surface area contributed by atoms with Crippen molar-refractivity contribution in [2.24, 2.45) is 0 Å². The first-order valence-corrected chi connectivity index (χ1v) is 7.56. The van der Waals surface area contributed by atoms with Crippen molar-refractivity contribution >= 4 is 21.8 Å². The van der Waals surface area contributed by atoms with E-state index in [0.29, 0.717) is 11.0 Å². The number of aromatic hydroxyl groups is 2. The Morgan fingerprint density at radius 2 is 1.00 bits per heavy atom. The molecule has 0 fully saturated rings. The van der Waals surface area contributed by atoms with Gasteiger partial charge < -0.3 is 17.6 Å². The molecule has 0 bridgehead atoms. The molecule has 25 heavy (non-hydrogen) atoms. The van der Waals surface area contributed by atoms with Crippen molar-refractivity contribution in [2.75, 3.05) is 0 Å². The number of nitrogens with zero attached hydrogens (tertiary/aromatic N) is 2. The molecule has 0 aliphatic heterocycles. The van der Waals surface area contributed by atoms with E-state index in [9.17, 15) is 10.2 Å². The van der Waals surface area contributed by atoms with Crippen molar-refractivity contribution in [2.45, 2.75) is 0 Å². The summed E-state index contributed by atoms with van der Waals surface area (Å²) in [6, 6.07) is 18.3. The van der Waals surface area contributed by atoms with Crippen molar-refractivity contribution < 1.29 is 31.3 Å². The predicted octanol–water partition coefficient (Wildman–Crippen LogP) is 4.21. The SMILES string of the molecule is Oc1cccc2cccnc12.Oc1cccc2cccnc12.[CH3-].[O]=[V]. The fourth-order valence-electron chi connectivity index (χ4n) is 2.18. The summed E-state index contributed by atoms with van der Waals surface area (Å²) in [7, 11) is 0. The van der Waals surface area contributed by atoms with Gasteiger partial charge in [-0.2, -0.15) is 0 Å². The van der Waals surface area contributed by atoms with Crippen LogP contribution in [-0.4, -0.2) is 20.2 Å². The van der Waals surface area contributed by atoms with E-state index >= 15 is 0 Å². The van der Waals surface area contributed by atoms with Gasteiger partial charge >= 0.3 is 21.0 Å². The van der Waals surface area contributed by atoms with Crippen LogP contribution in [0.15, 0.2) is 73.1 Å². The zero-order chi connectivity index (χ0) is 17.4. The number of fused-ring (bicyclic) bond motifs is 2. The molecule has 0 aliphatic carbocycles. The van der Waals surface area contributed by atoms with Crippen LogP contribution < -0.4 is 0 Å². The molecule has 127 valence electrons. The fourth-order valence-corrected chi connectivity index (χ4v) is 2.18. The van der Waals surface area contributed by atoms with Crippen molar-refractivity contribution in [1.82, 2.24) is 9.97 Å². The van der Waals surface area contributed by atoms with Gasteiger partial charge in [0.15, 0.2) is 0 Å². The second kappa shape index (κ2) is 10.2. The first-order chi connectivity index (χ1) is 11.8. The second-order valence-corrected chi connectivity index (χ2v) is 4.70. The van der Waals surface area contributed by atoms with E-state index in [1.54, 1.807) is 36.7 Å². The van der Waals surface area contributed by atoms with Gasteiger partial charge in [0.25, 0.3) is 0 Å². The molecule has 0 saturated carbocycles. The number of para-hydroxylation sites is 2. The molecular formula is C19H17N2O3V-. The molecule has 0 aliphatic rings. The molecule has 0 amide bonds. The van der Waals surface area contributed by atoms with Crippen molar-refractivity contribution in [3.63, 3.8) is 0 Å². The molecule has 0 spiro atoms. The number of pyridine rings is 2. The molecule has 6 heteroatoms. The predicted molar refractivity (Wildman–Crippen MR) is 93.9 cm³/mol. The average Bonchev–Trinajstić information content (AvgIpc) is 2.65. The monoisotopic (exact) mass is 372 g/mol. The summed E-state index contributed by atoms with van der Waals surface area (Å²) < 4.78 is 8.19. The molecule has 5 nitrogen and oxygen atoms in total. The van der Waals surface area contributed by atoms with Gasteiger partial charge in [-0.05, 0) is 24.3 Å². The first kappa shape index (κ1) is 20.3. The topological polar surface area (TPSA) is 83.3 Å². The van der Waals surface area contributed by atoms with E-state index in [4.69, 9.17) is 3.67 Å². The van der Waals surface area contributed by atoms with Crippen LogP contribution in [0.3, 0.4) is 0 Å². The maximum absolute atomic E-state index is 9.31. The summed E-state index contributed by atoms with van der Waals surface area (Å²) in [4.78, 5) is 8.06. The molecule has 2 aromatic carbocycles. The Balaban J connectivity index is 0.000000220. The Morgan fingerprint density at radius 3 is 1.36 bits per heavy atom. The Labute approximate surface area is 155 Å². The Hall–Kier alpha value is -2.76. The van der Waals surface area contributed by atoms with Gasteiger partial charge in [-0.3, -0.25) is 9.97 Å². The molecule has 4 aromatic rings. The van der Waals surface area contributed by atoms with Crippen LogP contribution in [0.4, 0.5) is 0 Å². The average molecular weight is 372 g/mol. The zero-order valence-corrected chi connectivity index (χ0v) is 15.0. The van der Waals surface area contributed by atoms with Crippen LogP contribution in [0.25, 0.3) is 21.8 Å². The van der Waals surface area contributed by atoms with Crippen molar-refractivity contribution in [3.8, 4) is 11.5 Å². The number of aromatic nitrogens is 2. The quantitative estimate of drug-likeness (QED) is 0.452. The molecule has 0 saturated heterocycles. The molecule has 0 atom stereocenters. The summed E-state index contributed by atoms with van der Waals surface area (Å²) in [6.45, 7) is 0. The molecule has 2 heterocycles. The van der Waals surface area contributed by atoms with E-state index in [2.05, 4.69) is 9.97 Å². The van der Waals surface area contributed by atoms with Crippen LogP contribution in [0.5, 0.6) is 11.5 Å². The van der Waals surface area contributed by atoms with Gasteiger partial charge in [0.1, 0.15) is 22.5 Å². The van der Waals surface area contributed by atoms with Gasteiger partial charge in [0.05, 0.1) is 0 Å². The number of hydrogen-bond acceptors (Lipinski definition) is 5. The normalized spacial score (nSPS) is 9.08. The van der Waals surface area contributed by atoms with Crippen LogP contribution in [0.1, 0.15) is 0 Å². The van der Waals surface area contributed by atoms with Crippen LogP contribution in [0, 0.1) is 7.43 Å². The summed E-state index contributed by atoms with van der Waals surface area (Å²) in [6.07, 6.45) is 3.34. The van der Waals surface area contributed by atoms with Gasteiger partial charge in [-0.15, -0.1) is 0 Å². The second-order valence-electron chi connectivity index (χ2n) is 4.70. The van der Waals surface area contributed by atoms with E-state index < -0.39 is 0 Å². The molecule has 0 unspecified atom stereocenters. The number of rotatable bonds is 0. The van der Waals surface area contributed by atoms with E-state index in [1.807, 2.05) is 36.4 Å².